The van der Waals surface area contributed by atoms with E-state index >= 15 is 0 Å². The van der Waals surface area contributed by atoms with E-state index in [0.717, 1.165) is 51.4 Å². The summed E-state index contributed by atoms with van der Waals surface area (Å²) in [7, 11) is 0. The monoisotopic (exact) mass is 1230 g/mol. The van der Waals surface area contributed by atoms with Gasteiger partial charge in [-0.2, -0.15) is 0 Å². The standard InChI is InChI=1S/C82H155NO5/c1-3-5-7-9-11-13-15-17-19-20-40-43-47-50-54-58-62-66-70-74-80(85)79(78-84)83-81(86)75-71-67-63-59-55-51-48-44-41-38-36-34-32-30-28-26-24-22-21-23-25-27-29-31-33-35-37-39-42-45-49-53-57-61-65-69-73-77-88-82(87)76-72-68-64-60-56-52-46-18-16-14-12-10-8-6-4-2/h12,14,18,21,23,46,70,74,79-80,84-85H,3-11,13,15-17,19-20,22,24-45,47-69,71-73,75-78H2,1-2H3,(H,83,86)/b14-12-,23-21-,46-18-,74-70+. The van der Waals surface area contributed by atoms with Crippen LogP contribution in [0.1, 0.15) is 438 Å². The lowest BCUT2D eigenvalue weighted by Gasteiger charge is -2.20. The van der Waals surface area contributed by atoms with Crippen LogP contribution in [0.5, 0.6) is 0 Å². The number of nitrogens with one attached hydrogen (secondary N) is 1. The quantitative estimate of drug-likeness (QED) is 0.0320. The average Bonchev–Trinajstić information content (AvgIpc) is 3.60. The Kier molecular flexibility index (Phi) is 75.4. The van der Waals surface area contributed by atoms with Crippen molar-refractivity contribution in [3.8, 4) is 0 Å². The summed E-state index contributed by atoms with van der Waals surface area (Å²) in [5, 5.41) is 23.3. The zero-order chi connectivity index (χ0) is 63.5. The lowest BCUT2D eigenvalue weighted by atomic mass is 10.0. The van der Waals surface area contributed by atoms with Crippen LogP contribution in [-0.2, 0) is 14.3 Å². The molecule has 0 aromatic rings. The van der Waals surface area contributed by atoms with Gasteiger partial charge >= 0.3 is 5.97 Å². The van der Waals surface area contributed by atoms with Crippen LogP contribution < -0.4 is 5.32 Å². The van der Waals surface area contributed by atoms with Gasteiger partial charge < -0.3 is 20.3 Å². The third-order valence-electron chi connectivity index (χ3n) is 18.6. The smallest absolute Gasteiger partial charge is 0.305 e. The fourth-order valence-electron chi connectivity index (χ4n) is 12.5. The molecule has 0 rings (SSSR count). The molecule has 2 unspecified atom stereocenters. The molecule has 6 heteroatoms. The minimum Gasteiger partial charge on any atom is -0.466 e. The summed E-state index contributed by atoms with van der Waals surface area (Å²) in [6.07, 6.45) is 102. The number of carbonyl (C=O) groups is 2. The van der Waals surface area contributed by atoms with Gasteiger partial charge in [-0.25, -0.2) is 0 Å². The molecular formula is C82H155NO5. The van der Waals surface area contributed by atoms with Gasteiger partial charge in [0.05, 0.1) is 25.4 Å². The molecule has 0 aromatic carbocycles. The number of hydrogen-bond acceptors (Lipinski definition) is 5. The molecular weight excluding hydrogens is 1080 g/mol. The molecule has 0 bridgehead atoms. The van der Waals surface area contributed by atoms with Crippen LogP contribution in [0.4, 0.5) is 0 Å². The zero-order valence-corrected chi connectivity index (χ0v) is 59.5. The molecule has 0 spiro atoms. The van der Waals surface area contributed by atoms with Crippen molar-refractivity contribution in [1.29, 1.82) is 0 Å². The highest BCUT2D eigenvalue weighted by molar-refractivity contribution is 5.76. The van der Waals surface area contributed by atoms with Crippen molar-refractivity contribution in [2.24, 2.45) is 0 Å². The second kappa shape index (κ2) is 77.3. The number of hydrogen-bond donors (Lipinski definition) is 3. The van der Waals surface area contributed by atoms with E-state index in [-0.39, 0.29) is 18.5 Å². The van der Waals surface area contributed by atoms with Crippen molar-refractivity contribution in [3.63, 3.8) is 0 Å². The van der Waals surface area contributed by atoms with Gasteiger partial charge in [0.15, 0.2) is 0 Å². The van der Waals surface area contributed by atoms with E-state index in [9.17, 15) is 19.8 Å². The summed E-state index contributed by atoms with van der Waals surface area (Å²) in [5.74, 6) is -0.0527. The fraction of sp³-hybridized carbons (Fsp3) is 0.878. The first-order valence-electron chi connectivity index (χ1n) is 39.9. The lowest BCUT2D eigenvalue weighted by Crippen LogP contribution is -2.45. The van der Waals surface area contributed by atoms with Crippen LogP contribution in [-0.4, -0.2) is 47.4 Å². The van der Waals surface area contributed by atoms with Crippen LogP contribution in [0.3, 0.4) is 0 Å². The number of ether oxygens (including phenoxy) is 1. The third-order valence-corrected chi connectivity index (χ3v) is 18.6. The number of aliphatic hydroxyl groups is 2. The second-order valence-corrected chi connectivity index (χ2v) is 27.4. The molecule has 0 aromatic heterocycles. The summed E-state index contributed by atoms with van der Waals surface area (Å²) in [6.45, 7) is 4.91. The van der Waals surface area contributed by atoms with Gasteiger partial charge in [-0.1, -0.05) is 383 Å². The number of esters is 1. The van der Waals surface area contributed by atoms with E-state index < -0.39 is 12.1 Å². The Labute approximate surface area is 550 Å². The Balaban J connectivity index is 3.35. The first-order valence-corrected chi connectivity index (χ1v) is 39.9. The molecule has 3 N–H and O–H groups in total. The molecule has 6 nitrogen and oxygen atoms in total. The predicted octanol–water partition coefficient (Wildman–Crippen LogP) is 26.4. The summed E-state index contributed by atoms with van der Waals surface area (Å²) in [5.41, 5.74) is 0. The average molecular weight is 1240 g/mol. The van der Waals surface area contributed by atoms with E-state index in [4.69, 9.17) is 4.74 Å². The normalized spacial score (nSPS) is 12.7. The van der Waals surface area contributed by atoms with E-state index in [0.29, 0.717) is 19.4 Å². The maximum Gasteiger partial charge on any atom is 0.305 e. The maximum atomic E-state index is 12.5. The van der Waals surface area contributed by atoms with E-state index in [1.54, 1.807) is 6.08 Å². The van der Waals surface area contributed by atoms with Crippen LogP contribution in [0, 0.1) is 0 Å². The van der Waals surface area contributed by atoms with Crippen molar-refractivity contribution < 1.29 is 24.5 Å². The van der Waals surface area contributed by atoms with Crippen molar-refractivity contribution in [1.82, 2.24) is 5.32 Å². The largest absolute Gasteiger partial charge is 0.466 e. The number of unbranched alkanes of at least 4 members (excludes halogenated alkanes) is 58. The molecule has 0 aliphatic heterocycles. The minimum atomic E-state index is -0.843. The highest BCUT2D eigenvalue weighted by Gasteiger charge is 2.18. The van der Waals surface area contributed by atoms with Gasteiger partial charge in [0.25, 0.3) is 0 Å². The Morgan fingerprint density at radius 3 is 0.898 bits per heavy atom. The van der Waals surface area contributed by atoms with Gasteiger partial charge in [0.2, 0.25) is 5.91 Å². The fourth-order valence-corrected chi connectivity index (χ4v) is 12.5. The molecule has 1 amide bonds. The zero-order valence-electron chi connectivity index (χ0n) is 59.5. The van der Waals surface area contributed by atoms with Crippen LogP contribution >= 0.6 is 0 Å². The Morgan fingerprint density at radius 2 is 0.568 bits per heavy atom. The van der Waals surface area contributed by atoms with Gasteiger partial charge in [-0.05, 0) is 89.9 Å². The minimum absolute atomic E-state index is 0.00754. The van der Waals surface area contributed by atoms with Crippen LogP contribution in [0.15, 0.2) is 48.6 Å². The second-order valence-electron chi connectivity index (χ2n) is 27.4. The predicted molar refractivity (Wildman–Crippen MR) is 389 cm³/mol. The molecule has 0 aliphatic rings. The van der Waals surface area contributed by atoms with Crippen molar-refractivity contribution >= 4 is 11.9 Å². The number of carbonyl (C=O) groups excluding carboxylic acids is 2. The summed E-state index contributed by atoms with van der Waals surface area (Å²) < 4.78 is 5.49. The highest BCUT2D eigenvalue weighted by atomic mass is 16.5. The molecule has 0 radical (unpaired) electrons. The SMILES string of the molecule is CCCCC/C=C\C/C=C\CCCCCCCC(=O)OCCCCCCCCCCCCCCCCCC/C=C\CCCCCCCCCCCCCCCCCCCC(=O)NC(CO)C(O)/C=C/CCCCCCCCCCCCCCCCCCC. The molecule has 0 saturated carbocycles. The number of rotatable bonds is 75. The van der Waals surface area contributed by atoms with Crippen molar-refractivity contribution in [3.05, 3.63) is 48.6 Å². The molecule has 88 heavy (non-hydrogen) atoms. The van der Waals surface area contributed by atoms with Crippen LogP contribution in [0.25, 0.3) is 0 Å². The van der Waals surface area contributed by atoms with Gasteiger partial charge in [-0.3, -0.25) is 9.59 Å². The first kappa shape index (κ1) is 85.8. The number of aliphatic hydroxyl groups excluding tert-OH is 2. The Bertz CT molecular complexity index is 1470. The summed E-state index contributed by atoms with van der Waals surface area (Å²) in [6, 6.07) is -0.626. The number of allylic oxidation sites excluding steroid dienone is 7. The van der Waals surface area contributed by atoms with Crippen molar-refractivity contribution in [2.75, 3.05) is 13.2 Å². The molecule has 2 atom stereocenters. The lowest BCUT2D eigenvalue weighted by molar-refractivity contribution is -0.143. The molecule has 0 heterocycles. The van der Waals surface area contributed by atoms with Gasteiger partial charge in [-0.15, -0.1) is 0 Å². The number of amides is 1. The van der Waals surface area contributed by atoms with Gasteiger partial charge in [0.1, 0.15) is 0 Å². The van der Waals surface area contributed by atoms with Gasteiger partial charge in [0, 0.05) is 12.8 Å². The van der Waals surface area contributed by atoms with E-state index in [1.165, 1.54) is 360 Å². The summed E-state index contributed by atoms with van der Waals surface area (Å²) >= 11 is 0. The third kappa shape index (κ3) is 72.9. The van der Waals surface area contributed by atoms with Crippen LogP contribution in [0.2, 0.25) is 0 Å². The Hall–Kier alpha value is -2.18. The molecule has 0 saturated heterocycles. The summed E-state index contributed by atoms with van der Waals surface area (Å²) in [4.78, 5) is 24.6. The topological polar surface area (TPSA) is 95.9 Å². The Morgan fingerprint density at radius 1 is 0.318 bits per heavy atom. The van der Waals surface area contributed by atoms with E-state index in [2.05, 4.69) is 55.6 Å². The molecule has 0 fully saturated rings. The van der Waals surface area contributed by atoms with Crippen molar-refractivity contribution in [2.45, 2.75) is 450 Å². The molecule has 518 valence electrons. The molecule has 0 aliphatic carbocycles. The first-order chi connectivity index (χ1) is 43.5. The highest BCUT2D eigenvalue weighted by Crippen LogP contribution is 2.19. The maximum absolute atomic E-state index is 12.5. The van der Waals surface area contributed by atoms with E-state index in [1.807, 2.05) is 6.08 Å².